The van der Waals surface area contributed by atoms with Crippen molar-refractivity contribution in [1.29, 1.82) is 0 Å². The smallest absolute Gasteiger partial charge is 0.415 e. The van der Waals surface area contributed by atoms with Gasteiger partial charge in [-0.1, -0.05) is 60.7 Å². The molecule has 186 valence electrons. The second-order valence-corrected chi connectivity index (χ2v) is 16.0. The number of hydrogen-bond acceptors (Lipinski definition) is 4. The van der Waals surface area contributed by atoms with Crippen molar-refractivity contribution in [3.05, 3.63) is 72.8 Å². The molecule has 0 amide bonds. The van der Waals surface area contributed by atoms with E-state index in [2.05, 4.69) is 0 Å². The maximum absolute atomic E-state index is 14.9. The van der Waals surface area contributed by atoms with E-state index in [1.807, 2.05) is 114 Å². The molecule has 7 rings (SSSR count). The Labute approximate surface area is 211 Å². The van der Waals surface area contributed by atoms with E-state index in [0.717, 1.165) is 32.7 Å². The molecule has 0 atom stereocenters. The second-order valence-electron chi connectivity index (χ2n) is 11.4. The first-order valence-corrected chi connectivity index (χ1v) is 15.2. The summed E-state index contributed by atoms with van der Waals surface area (Å²) in [6.07, 6.45) is 0. The summed E-state index contributed by atoms with van der Waals surface area (Å²) in [5.41, 5.74) is 0.0902. The first-order chi connectivity index (χ1) is 16.9. The van der Waals surface area contributed by atoms with Gasteiger partial charge in [-0.05, 0) is 75.2 Å². The van der Waals surface area contributed by atoms with Crippen molar-refractivity contribution >= 4 is 36.9 Å². The largest absolute Gasteiger partial charge is 0.420 e. The van der Waals surface area contributed by atoms with Crippen molar-refractivity contribution in [3.8, 4) is 22.6 Å². The van der Waals surface area contributed by atoms with Gasteiger partial charge in [-0.3, -0.25) is 0 Å². The Morgan fingerprint density at radius 3 is 1.28 bits per heavy atom. The van der Waals surface area contributed by atoms with Gasteiger partial charge in [-0.2, -0.15) is 0 Å². The van der Waals surface area contributed by atoms with E-state index >= 15 is 0 Å². The van der Waals surface area contributed by atoms with E-state index in [0.29, 0.717) is 11.5 Å². The van der Waals surface area contributed by atoms with Crippen LogP contribution in [0.3, 0.4) is 0 Å². The molecular weight excluding hydrogens is 490 g/mol. The van der Waals surface area contributed by atoms with E-state index in [1.54, 1.807) is 0 Å². The number of fused-ring (bicyclic) bond motifs is 2. The van der Waals surface area contributed by atoms with Gasteiger partial charge in [0.1, 0.15) is 11.5 Å². The molecule has 36 heavy (non-hydrogen) atoms. The molecule has 3 heterocycles. The van der Waals surface area contributed by atoms with Crippen LogP contribution < -0.4 is 9.05 Å². The first-order valence-electron chi connectivity index (χ1n) is 12.1. The molecule has 0 spiro atoms. The van der Waals surface area contributed by atoms with Gasteiger partial charge in [-0.25, -0.2) is 9.13 Å². The van der Waals surface area contributed by atoms with Crippen LogP contribution in [0.5, 0.6) is 11.5 Å². The molecule has 1 saturated heterocycles. The monoisotopic (exact) mass is 520 g/mol. The average molecular weight is 521 g/mol. The number of rotatable bonds is 0. The Bertz CT molecular complexity index is 1510. The number of nitrogens with zero attached hydrogens (tertiary/aromatic N) is 2. The molecule has 0 radical (unpaired) electrons. The predicted molar refractivity (Wildman–Crippen MR) is 147 cm³/mol. The third kappa shape index (κ3) is 3.18. The van der Waals surface area contributed by atoms with Gasteiger partial charge >= 0.3 is 15.3 Å². The van der Waals surface area contributed by atoms with E-state index in [9.17, 15) is 9.13 Å². The highest BCUT2D eigenvalue weighted by Gasteiger charge is 2.76. The molecule has 0 aliphatic carbocycles. The van der Waals surface area contributed by atoms with Gasteiger partial charge in [0.15, 0.2) is 0 Å². The van der Waals surface area contributed by atoms with Gasteiger partial charge in [-0.15, -0.1) is 8.88 Å². The fourth-order valence-electron chi connectivity index (χ4n) is 5.51. The molecule has 3 aliphatic heterocycles. The molecule has 2 bridgehead atoms. The molecule has 0 N–H and O–H groups in total. The highest BCUT2D eigenvalue weighted by atomic mass is 31.3. The fourth-order valence-corrected chi connectivity index (χ4v) is 13.2. The Morgan fingerprint density at radius 2 is 0.917 bits per heavy atom. The van der Waals surface area contributed by atoms with Crippen LogP contribution in [0.1, 0.15) is 41.5 Å². The van der Waals surface area contributed by atoms with Crippen molar-refractivity contribution in [2.45, 2.75) is 52.6 Å². The lowest BCUT2D eigenvalue weighted by Gasteiger charge is -2.59. The van der Waals surface area contributed by atoms with Crippen LogP contribution in [0.4, 0.5) is 0 Å². The maximum Gasteiger partial charge on any atom is 0.415 e. The Kier molecular flexibility index (Phi) is 4.92. The molecule has 0 saturated carbocycles. The highest BCUT2D eigenvalue weighted by Crippen LogP contribution is 2.90. The molecule has 4 aromatic rings. The Morgan fingerprint density at radius 1 is 0.556 bits per heavy atom. The van der Waals surface area contributed by atoms with E-state index in [1.165, 1.54) is 8.88 Å². The standard InChI is InChI=1S/C28H30N2O4P2/c1-27(2,3)29-35(31)30(28(4,5)6)36(29,32)34-24-18-16-20-12-8-10-14-22(20)26(24)25-21-13-9-7-11-19(21)15-17-23(25)33-35/h7-18H,1-6H3. The summed E-state index contributed by atoms with van der Waals surface area (Å²) in [5, 5.41) is 3.95. The van der Waals surface area contributed by atoms with Crippen LogP contribution >= 0.6 is 15.3 Å². The SMILES string of the molecule is CC(C)(C)N1P2(=O)Oc3ccc4ccccc4c3-c3c(ccc4ccccc34)OP1(=O)N2C(C)(C)C. The summed E-state index contributed by atoms with van der Waals surface area (Å²) in [6, 6.07) is 23.8. The minimum Gasteiger partial charge on any atom is -0.420 e. The predicted octanol–water partition coefficient (Wildman–Crippen LogP) is 8.86. The Balaban J connectivity index is 1.79. The molecule has 6 nitrogen and oxygen atoms in total. The van der Waals surface area contributed by atoms with Crippen LogP contribution in [0.2, 0.25) is 0 Å². The summed E-state index contributed by atoms with van der Waals surface area (Å²) in [7, 11) is -7.58. The quantitative estimate of drug-likeness (QED) is 0.216. The van der Waals surface area contributed by atoms with Crippen LogP contribution in [0, 0.1) is 0 Å². The van der Waals surface area contributed by atoms with Crippen molar-refractivity contribution in [2.75, 3.05) is 0 Å². The normalized spacial score (nSPS) is 24.5. The molecule has 0 unspecified atom stereocenters. The van der Waals surface area contributed by atoms with Crippen LogP contribution in [0.25, 0.3) is 32.7 Å². The van der Waals surface area contributed by atoms with Crippen molar-refractivity contribution in [2.24, 2.45) is 0 Å². The van der Waals surface area contributed by atoms with Crippen molar-refractivity contribution < 1.29 is 18.2 Å². The average Bonchev–Trinajstić information content (AvgIpc) is 2.82. The maximum atomic E-state index is 14.9. The van der Waals surface area contributed by atoms with Crippen molar-refractivity contribution in [1.82, 2.24) is 8.88 Å². The van der Waals surface area contributed by atoms with Gasteiger partial charge in [0.25, 0.3) is 0 Å². The van der Waals surface area contributed by atoms with Crippen LogP contribution in [-0.4, -0.2) is 20.0 Å². The van der Waals surface area contributed by atoms with Gasteiger partial charge in [0.05, 0.1) is 0 Å². The molecule has 8 heteroatoms. The van der Waals surface area contributed by atoms with Gasteiger partial charge in [0.2, 0.25) is 0 Å². The number of hydrogen-bond donors (Lipinski definition) is 0. The zero-order valence-electron chi connectivity index (χ0n) is 21.4. The summed E-state index contributed by atoms with van der Waals surface area (Å²) in [6.45, 7) is 11.3. The molecular formula is C28H30N2O4P2. The fraction of sp³-hybridized carbons (Fsp3) is 0.286. The minimum absolute atomic E-state index is 0.481. The lowest BCUT2D eigenvalue weighted by Crippen LogP contribution is -2.58. The van der Waals surface area contributed by atoms with Crippen LogP contribution in [-0.2, 0) is 9.13 Å². The summed E-state index contributed by atoms with van der Waals surface area (Å²) < 4.78 is 45.9. The summed E-state index contributed by atoms with van der Waals surface area (Å²) in [4.78, 5) is 0. The van der Waals surface area contributed by atoms with Crippen LogP contribution in [0.15, 0.2) is 72.8 Å². The minimum atomic E-state index is -3.79. The third-order valence-corrected chi connectivity index (χ3v) is 14.5. The van der Waals surface area contributed by atoms with E-state index < -0.39 is 26.4 Å². The third-order valence-electron chi connectivity index (χ3n) is 6.62. The second kappa shape index (κ2) is 7.46. The van der Waals surface area contributed by atoms with Gasteiger partial charge < -0.3 is 9.05 Å². The molecule has 4 aromatic carbocycles. The molecule has 3 aliphatic rings. The topological polar surface area (TPSA) is 59.1 Å². The van der Waals surface area contributed by atoms with E-state index in [4.69, 9.17) is 9.05 Å². The Hall–Kier alpha value is -2.62. The lowest BCUT2D eigenvalue weighted by molar-refractivity contribution is 0.163. The lowest BCUT2D eigenvalue weighted by atomic mass is 9.92. The van der Waals surface area contributed by atoms with E-state index in [-0.39, 0.29) is 0 Å². The number of benzene rings is 4. The summed E-state index contributed by atoms with van der Waals surface area (Å²) in [5.74, 6) is 0.963. The van der Waals surface area contributed by atoms with Crippen molar-refractivity contribution in [3.63, 3.8) is 0 Å². The highest BCUT2D eigenvalue weighted by molar-refractivity contribution is 7.84. The molecule has 0 aromatic heterocycles. The van der Waals surface area contributed by atoms with Gasteiger partial charge in [0, 0.05) is 22.2 Å². The summed E-state index contributed by atoms with van der Waals surface area (Å²) >= 11 is 0. The molecule has 1 fully saturated rings. The zero-order valence-corrected chi connectivity index (χ0v) is 23.1. The zero-order chi connectivity index (χ0) is 25.7. The first kappa shape index (κ1) is 23.8.